The molecule has 2 aliphatic heterocycles. The zero-order valence-corrected chi connectivity index (χ0v) is 16.4. The number of nitrogens with zero attached hydrogens (tertiary/aromatic N) is 4. The van der Waals surface area contributed by atoms with Crippen LogP contribution in [0.1, 0.15) is 25.6 Å². The van der Waals surface area contributed by atoms with Crippen molar-refractivity contribution in [2.75, 3.05) is 16.8 Å². The zero-order valence-electron chi connectivity index (χ0n) is 15.6. The number of fused-ring (bicyclic) bond motifs is 1. The summed E-state index contributed by atoms with van der Waals surface area (Å²) in [5.74, 6) is -0.133. The molecule has 4 rings (SSSR count). The third kappa shape index (κ3) is 3.95. The van der Waals surface area contributed by atoms with E-state index in [0.29, 0.717) is 17.9 Å². The molecule has 1 aromatic carbocycles. The molecule has 1 amide bonds. The number of carbonyl (C=O) groups is 2. The summed E-state index contributed by atoms with van der Waals surface area (Å²) in [7, 11) is 0. The first-order chi connectivity index (χ1) is 13.8. The summed E-state index contributed by atoms with van der Waals surface area (Å²) in [6.45, 7) is 1.76. The molecule has 2 fully saturated rings. The molecular weight excluding hydrogens is 399 g/mol. The number of ether oxygens (including phenoxy) is 1. The molecule has 29 heavy (non-hydrogen) atoms. The number of esters is 1. The lowest BCUT2D eigenvalue weighted by atomic mass is 10.2. The molecule has 0 bridgehead atoms. The first kappa shape index (κ1) is 19.4. The number of nitrogens with two attached hydrogens (primary N) is 1. The number of halogens is 1. The third-order valence-electron chi connectivity index (χ3n) is 4.86. The second-order valence-corrected chi connectivity index (χ2v) is 8.44. The van der Waals surface area contributed by atoms with E-state index in [4.69, 9.17) is 10.5 Å². The van der Waals surface area contributed by atoms with Crippen molar-refractivity contribution in [1.29, 1.82) is 0 Å². The van der Waals surface area contributed by atoms with E-state index >= 15 is 0 Å². The maximum Gasteiger partial charge on any atom is 0.330 e. The summed E-state index contributed by atoms with van der Waals surface area (Å²) in [5.41, 5.74) is 6.28. The van der Waals surface area contributed by atoms with Crippen LogP contribution < -0.4 is 11.1 Å². The molecule has 3 N–H and O–H groups in total. The second kappa shape index (κ2) is 7.47. The van der Waals surface area contributed by atoms with Crippen LogP contribution in [0.3, 0.4) is 0 Å². The van der Waals surface area contributed by atoms with Crippen LogP contribution in [0.2, 0.25) is 0 Å². The lowest BCUT2D eigenvalue weighted by molar-refractivity contribution is -0.154. The van der Waals surface area contributed by atoms with Gasteiger partial charge in [0.05, 0.1) is 4.87 Å². The van der Waals surface area contributed by atoms with Gasteiger partial charge in [0.2, 0.25) is 17.8 Å². The maximum atomic E-state index is 13.0. The van der Waals surface area contributed by atoms with Gasteiger partial charge in [-0.05, 0) is 37.6 Å². The molecule has 1 aromatic heterocycles. The molecule has 0 radical (unpaired) electrons. The number of rotatable bonds is 5. The normalized spacial score (nSPS) is 23.2. The van der Waals surface area contributed by atoms with Crippen molar-refractivity contribution in [3.63, 3.8) is 0 Å². The lowest BCUT2D eigenvalue weighted by Crippen LogP contribution is -2.46. The number of carbonyl (C=O) groups excluding carboxylic acids is 2. The van der Waals surface area contributed by atoms with E-state index in [-0.39, 0.29) is 40.9 Å². The van der Waals surface area contributed by atoms with Gasteiger partial charge in [0.1, 0.15) is 11.9 Å². The minimum atomic E-state index is -0.615. The number of hydrogen-bond donors (Lipinski definition) is 2. The van der Waals surface area contributed by atoms with E-state index in [1.807, 2.05) is 6.92 Å². The molecule has 3 heterocycles. The van der Waals surface area contributed by atoms with Gasteiger partial charge in [-0.15, -0.1) is 11.8 Å². The Morgan fingerprint density at radius 2 is 2.14 bits per heavy atom. The SMILES string of the molecule is C[C@@]12CCC(=O)N1[C@@H](C(=O)OCc1nc(N)nc(Nc3ccc(F)cc3)n1)CS2. The molecule has 152 valence electrons. The van der Waals surface area contributed by atoms with Gasteiger partial charge in [0.25, 0.3) is 0 Å². The van der Waals surface area contributed by atoms with E-state index in [0.717, 1.165) is 6.42 Å². The molecule has 0 spiro atoms. The maximum absolute atomic E-state index is 13.0. The van der Waals surface area contributed by atoms with Crippen LogP contribution >= 0.6 is 11.8 Å². The monoisotopic (exact) mass is 418 g/mol. The molecule has 2 aromatic rings. The average Bonchev–Trinajstić information content (AvgIpc) is 3.17. The van der Waals surface area contributed by atoms with Crippen LogP contribution in [0.4, 0.5) is 22.0 Å². The standard InChI is InChI=1S/C18H19FN6O3S/c1-18-7-6-14(26)25(18)12(9-29-18)15(27)28-8-13-22-16(20)24-17(23-13)21-11-4-2-10(19)3-5-11/h2-5,12H,6-9H2,1H3,(H3,20,21,22,23,24)/t12-,18-/m1/s1. The Hall–Kier alpha value is -2.95. The van der Waals surface area contributed by atoms with Crippen molar-refractivity contribution >= 4 is 41.2 Å². The summed E-state index contributed by atoms with van der Waals surface area (Å²) in [6, 6.07) is 5.02. The fourth-order valence-corrected chi connectivity index (χ4v) is 4.86. The Morgan fingerprint density at radius 3 is 2.90 bits per heavy atom. The largest absolute Gasteiger partial charge is 0.456 e. The number of anilines is 3. The minimum absolute atomic E-state index is 0.0327. The number of hydrogen-bond acceptors (Lipinski definition) is 9. The summed E-state index contributed by atoms with van der Waals surface area (Å²) < 4.78 is 18.4. The Kier molecular flexibility index (Phi) is 4.99. The first-order valence-electron chi connectivity index (χ1n) is 9.00. The molecule has 11 heteroatoms. The Balaban J connectivity index is 1.42. The van der Waals surface area contributed by atoms with Crippen LogP contribution in [0, 0.1) is 5.82 Å². The second-order valence-electron chi connectivity index (χ2n) is 6.94. The van der Waals surface area contributed by atoms with Gasteiger partial charge in [-0.2, -0.15) is 15.0 Å². The van der Waals surface area contributed by atoms with Crippen molar-refractivity contribution in [2.24, 2.45) is 0 Å². The number of nitrogen functional groups attached to an aromatic ring is 1. The Morgan fingerprint density at radius 1 is 1.38 bits per heavy atom. The van der Waals surface area contributed by atoms with Crippen molar-refractivity contribution in [2.45, 2.75) is 37.3 Å². The molecule has 2 aliphatic rings. The highest BCUT2D eigenvalue weighted by Gasteiger charge is 2.53. The predicted octanol–water partition coefficient (Wildman–Crippen LogP) is 1.83. The van der Waals surface area contributed by atoms with Gasteiger partial charge in [-0.1, -0.05) is 0 Å². The Bertz CT molecular complexity index is 959. The number of benzene rings is 1. The first-order valence-corrected chi connectivity index (χ1v) is 9.98. The van der Waals surface area contributed by atoms with Gasteiger partial charge < -0.3 is 20.7 Å². The highest BCUT2D eigenvalue weighted by Crippen LogP contribution is 2.47. The highest BCUT2D eigenvalue weighted by atomic mass is 32.2. The van der Waals surface area contributed by atoms with Gasteiger partial charge in [-0.3, -0.25) is 4.79 Å². The van der Waals surface area contributed by atoms with Crippen molar-refractivity contribution in [3.05, 3.63) is 35.9 Å². The van der Waals surface area contributed by atoms with Crippen molar-refractivity contribution in [3.8, 4) is 0 Å². The quantitative estimate of drug-likeness (QED) is 0.700. The van der Waals surface area contributed by atoms with Gasteiger partial charge in [0.15, 0.2) is 12.4 Å². The van der Waals surface area contributed by atoms with Crippen LogP contribution in [0.25, 0.3) is 0 Å². The smallest absolute Gasteiger partial charge is 0.330 e. The number of amides is 1. The van der Waals surface area contributed by atoms with Gasteiger partial charge >= 0.3 is 5.97 Å². The van der Waals surface area contributed by atoms with Gasteiger partial charge in [0, 0.05) is 17.9 Å². The number of aromatic nitrogens is 3. The fraction of sp³-hybridized carbons (Fsp3) is 0.389. The minimum Gasteiger partial charge on any atom is -0.456 e. The summed E-state index contributed by atoms with van der Waals surface area (Å²) in [4.78, 5) is 38.1. The molecule has 2 saturated heterocycles. The van der Waals surface area contributed by atoms with E-state index in [9.17, 15) is 14.0 Å². The van der Waals surface area contributed by atoms with Gasteiger partial charge in [-0.25, -0.2) is 9.18 Å². The van der Waals surface area contributed by atoms with Crippen LogP contribution in [0.15, 0.2) is 24.3 Å². The molecule has 0 unspecified atom stereocenters. The van der Waals surface area contributed by atoms with Crippen molar-refractivity contribution < 1.29 is 18.7 Å². The van der Waals surface area contributed by atoms with E-state index in [1.54, 1.807) is 16.7 Å². The molecular formula is C18H19FN6O3S. The summed E-state index contributed by atoms with van der Waals surface area (Å²) >= 11 is 1.59. The summed E-state index contributed by atoms with van der Waals surface area (Å²) in [5, 5.41) is 2.89. The molecule has 2 atom stereocenters. The lowest BCUT2D eigenvalue weighted by Gasteiger charge is -2.29. The van der Waals surface area contributed by atoms with Crippen molar-refractivity contribution in [1.82, 2.24) is 19.9 Å². The zero-order chi connectivity index (χ0) is 20.6. The van der Waals surface area contributed by atoms with E-state index in [2.05, 4.69) is 20.3 Å². The summed E-state index contributed by atoms with van der Waals surface area (Å²) in [6.07, 6.45) is 1.17. The topological polar surface area (TPSA) is 123 Å². The fourth-order valence-electron chi connectivity index (χ4n) is 3.45. The van der Waals surface area contributed by atoms with Crippen LogP contribution in [0.5, 0.6) is 0 Å². The molecule has 0 saturated carbocycles. The third-order valence-corrected chi connectivity index (χ3v) is 6.36. The highest BCUT2D eigenvalue weighted by molar-refractivity contribution is 8.01. The van der Waals surface area contributed by atoms with Crippen LogP contribution in [-0.2, 0) is 20.9 Å². The Labute approximate surface area is 170 Å². The molecule has 0 aliphatic carbocycles. The number of thioether (sulfide) groups is 1. The average molecular weight is 418 g/mol. The predicted molar refractivity (Wildman–Crippen MR) is 104 cm³/mol. The van der Waals surface area contributed by atoms with Crippen LogP contribution in [-0.4, -0.2) is 48.4 Å². The van der Waals surface area contributed by atoms with E-state index in [1.165, 1.54) is 24.3 Å². The van der Waals surface area contributed by atoms with E-state index < -0.39 is 12.0 Å². The molecule has 9 nitrogen and oxygen atoms in total. The number of nitrogens with one attached hydrogen (secondary N) is 1.